The molecular weight excluding hydrogens is 360 g/mol. The Kier molecular flexibility index (Phi) is 4.39. The maximum absolute atomic E-state index is 14.0. The average molecular weight is 377 g/mol. The van der Waals surface area contributed by atoms with Crippen LogP contribution in [0.1, 0.15) is 21.6 Å². The van der Waals surface area contributed by atoms with E-state index in [0.29, 0.717) is 11.3 Å². The zero-order chi connectivity index (χ0) is 19.8. The molecule has 0 atom stereocenters. The van der Waals surface area contributed by atoms with Crippen molar-refractivity contribution in [1.82, 2.24) is 9.38 Å². The zero-order valence-corrected chi connectivity index (χ0v) is 15.3. The van der Waals surface area contributed by atoms with Gasteiger partial charge in [-0.05, 0) is 37.6 Å². The van der Waals surface area contributed by atoms with E-state index in [2.05, 4.69) is 10.3 Å². The largest absolute Gasteiger partial charge is 0.318 e. The molecule has 140 valence electrons. The highest BCUT2D eigenvalue weighted by Crippen LogP contribution is 2.27. The first kappa shape index (κ1) is 17.9. The van der Waals surface area contributed by atoms with E-state index in [1.54, 1.807) is 10.6 Å². The fourth-order valence-electron chi connectivity index (χ4n) is 3.06. The van der Waals surface area contributed by atoms with Crippen LogP contribution in [0.25, 0.3) is 16.9 Å². The van der Waals surface area contributed by atoms with Crippen LogP contribution in [-0.2, 0) is 0 Å². The Morgan fingerprint density at radius 3 is 2.43 bits per heavy atom. The molecule has 0 radical (unpaired) electrons. The molecule has 0 bridgehead atoms. The first-order chi connectivity index (χ1) is 13.4. The van der Waals surface area contributed by atoms with E-state index in [9.17, 15) is 13.6 Å². The average Bonchev–Trinajstić information content (AvgIpc) is 3.04. The van der Waals surface area contributed by atoms with Crippen LogP contribution in [0.15, 0.2) is 60.8 Å². The summed E-state index contributed by atoms with van der Waals surface area (Å²) in [6.07, 6.45) is 1.79. The van der Waals surface area contributed by atoms with Crippen molar-refractivity contribution >= 4 is 17.2 Å². The van der Waals surface area contributed by atoms with E-state index in [0.717, 1.165) is 34.9 Å². The van der Waals surface area contributed by atoms with Gasteiger partial charge >= 0.3 is 0 Å². The zero-order valence-electron chi connectivity index (χ0n) is 15.3. The van der Waals surface area contributed by atoms with Gasteiger partial charge in [0.1, 0.15) is 28.7 Å². The summed E-state index contributed by atoms with van der Waals surface area (Å²) < 4.78 is 29.2. The number of amides is 1. The summed E-state index contributed by atoms with van der Waals surface area (Å²) in [5.41, 5.74) is 3.87. The number of aryl methyl sites for hydroxylation is 2. The van der Waals surface area contributed by atoms with Crippen molar-refractivity contribution in [2.24, 2.45) is 0 Å². The fourth-order valence-corrected chi connectivity index (χ4v) is 3.06. The number of carbonyl (C=O) groups excluding carboxylic acids is 1. The molecule has 0 spiro atoms. The van der Waals surface area contributed by atoms with Crippen LogP contribution in [0, 0.1) is 25.5 Å². The Hall–Kier alpha value is -3.54. The highest BCUT2D eigenvalue weighted by molar-refractivity contribution is 6.07. The van der Waals surface area contributed by atoms with Crippen LogP contribution in [0.4, 0.5) is 14.5 Å². The van der Waals surface area contributed by atoms with Gasteiger partial charge in [-0.15, -0.1) is 0 Å². The second-order valence-electron chi connectivity index (χ2n) is 6.69. The number of nitrogens with zero attached hydrogens (tertiary/aromatic N) is 2. The minimum absolute atomic E-state index is 0.220. The highest BCUT2D eigenvalue weighted by Gasteiger charge is 2.22. The third-order valence-corrected chi connectivity index (χ3v) is 4.48. The van der Waals surface area contributed by atoms with Crippen LogP contribution >= 0.6 is 0 Å². The van der Waals surface area contributed by atoms with Gasteiger partial charge in [0, 0.05) is 17.8 Å². The molecule has 6 heteroatoms. The maximum atomic E-state index is 14.0. The Balaban J connectivity index is 1.87. The van der Waals surface area contributed by atoms with Gasteiger partial charge in [-0.3, -0.25) is 9.20 Å². The Bertz CT molecular complexity index is 1200. The number of benzene rings is 2. The van der Waals surface area contributed by atoms with Gasteiger partial charge in [0.05, 0.1) is 5.69 Å². The highest BCUT2D eigenvalue weighted by atomic mass is 19.1. The molecule has 4 nitrogen and oxygen atoms in total. The summed E-state index contributed by atoms with van der Waals surface area (Å²) in [5, 5.41) is 2.47. The summed E-state index contributed by atoms with van der Waals surface area (Å²) in [6.45, 7) is 3.87. The van der Waals surface area contributed by atoms with Gasteiger partial charge < -0.3 is 5.32 Å². The molecule has 0 aliphatic carbocycles. The summed E-state index contributed by atoms with van der Waals surface area (Å²) in [7, 11) is 0. The summed E-state index contributed by atoms with van der Waals surface area (Å²) in [6, 6.07) is 14.3. The maximum Gasteiger partial charge on any atom is 0.275 e. The van der Waals surface area contributed by atoms with E-state index >= 15 is 0 Å². The molecule has 2 aromatic carbocycles. The quantitative estimate of drug-likeness (QED) is 0.537. The van der Waals surface area contributed by atoms with Gasteiger partial charge in [0.2, 0.25) is 0 Å². The van der Waals surface area contributed by atoms with Crippen molar-refractivity contribution in [3.8, 4) is 11.3 Å². The minimum Gasteiger partial charge on any atom is -0.318 e. The van der Waals surface area contributed by atoms with Gasteiger partial charge in [-0.25, -0.2) is 13.8 Å². The molecule has 0 saturated heterocycles. The SMILES string of the molecule is Cc1ccc(-c2nc3ccc(C)cn3c2C(=O)Nc2cc(F)ccc2F)cc1. The molecule has 0 unspecified atom stereocenters. The molecule has 1 amide bonds. The number of fused-ring (bicyclic) bond motifs is 1. The first-order valence-electron chi connectivity index (χ1n) is 8.74. The van der Waals surface area contributed by atoms with Gasteiger partial charge in [0.25, 0.3) is 5.91 Å². The van der Waals surface area contributed by atoms with Crippen molar-refractivity contribution in [3.63, 3.8) is 0 Å². The van der Waals surface area contributed by atoms with Crippen molar-refractivity contribution in [1.29, 1.82) is 0 Å². The van der Waals surface area contributed by atoms with Crippen molar-refractivity contribution in [2.45, 2.75) is 13.8 Å². The second kappa shape index (κ2) is 6.88. The number of nitrogens with one attached hydrogen (secondary N) is 1. The van der Waals surface area contributed by atoms with E-state index in [1.165, 1.54) is 0 Å². The lowest BCUT2D eigenvalue weighted by atomic mass is 10.1. The topological polar surface area (TPSA) is 46.4 Å². The van der Waals surface area contributed by atoms with Crippen LogP contribution in [0.3, 0.4) is 0 Å². The lowest BCUT2D eigenvalue weighted by Crippen LogP contribution is -2.16. The lowest BCUT2D eigenvalue weighted by Gasteiger charge is -2.09. The number of aromatic nitrogens is 2. The first-order valence-corrected chi connectivity index (χ1v) is 8.74. The molecule has 0 saturated carbocycles. The standard InChI is InChI=1S/C22H17F2N3O/c1-13-3-6-15(7-4-13)20-21(27-12-14(2)5-10-19(27)26-20)22(28)25-18-11-16(23)8-9-17(18)24/h3-12H,1-2H3,(H,25,28). The normalized spacial score (nSPS) is 11.0. The van der Waals surface area contributed by atoms with E-state index in [4.69, 9.17) is 0 Å². The Morgan fingerprint density at radius 2 is 1.68 bits per heavy atom. The van der Waals surface area contributed by atoms with Crippen LogP contribution in [0.2, 0.25) is 0 Å². The van der Waals surface area contributed by atoms with Crippen LogP contribution in [-0.4, -0.2) is 15.3 Å². The summed E-state index contributed by atoms with van der Waals surface area (Å²) in [5.74, 6) is -1.92. The molecule has 2 heterocycles. The smallest absolute Gasteiger partial charge is 0.275 e. The van der Waals surface area contributed by atoms with Crippen molar-refractivity contribution < 1.29 is 13.6 Å². The number of imidazole rings is 1. The summed E-state index contributed by atoms with van der Waals surface area (Å²) >= 11 is 0. The molecule has 0 aliphatic heterocycles. The van der Waals surface area contributed by atoms with Crippen LogP contribution in [0.5, 0.6) is 0 Å². The van der Waals surface area contributed by atoms with Crippen LogP contribution < -0.4 is 5.32 Å². The summed E-state index contributed by atoms with van der Waals surface area (Å²) in [4.78, 5) is 17.7. The van der Waals surface area contributed by atoms with Crippen molar-refractivity contribution in [3.05, 3.63) is 89.2 Å². The number of rotatable bonds is 3. The van der Waals surface area contributed by atoms with Gasteiger partial charge in [-0.2, -0.15) is 0 Å². The molecular formula is C22H17F2N3O. The Labute approximate surface area is 160 Å². The number of hydrogen-bond acceptors (Lipinski definition) is 2. The number of halogens is 2. The number of pyridine rings is 1. The molecule has 4 aromatic rings. The second-order valence-corrected chi connectivity index (χ2v) is 6.69. The monoisotopic (exact) mass is 377 g/mol. The number of carbonyl (C=O) groups is 1. The molecule has 0 aliphatic rings. The third kappa shape index (κ3) is 3.24. The lowest BCUT2D eigenvalue weighted by molar-refractivity contribution is 0.102. The molecule has 1 N–H and O–H groups in total. The predicted molar refractivity (Wildman–Crippen MR) is 104 cm³/mol. The molecule has 28 heavy (non-hydrogen) atoms. The van der Waals surface area contributed by atoms with Gasteiger partial charge in [0.15, 0.2) is 0 Å². The van der Waals surface area contributed by atoms with E-state index in [-0.39, 0.29) is 11.4 Å². The Morgan fingerprint density at radius 1 is 0.964 bits per heavy atom. The van der Waals surface area contributed by atoms with Crippen molar-refractivity contribution in [2.75, 3.05) is 5.32 Å². The number of hydrogen-bond donors (Lipinski definition) is 1. The molecule has 2 aromatic heterocycles. The van der Waals surface area contributed by atoms with Gasteiger partial charge in [-0.1, -0.05) is 35.9 Å². The van der Waals surface area contributed by atoms with E-state index in [1.807, 2.05) is 50.2 Å². The third-order valence-electron chi connectivity index (χ3n) is 4.48. The molecule has 4 rings (SSSR count). The number of anilines is 1. The minimum atomic E-state index is -0.711. The van der Waals surface area contributed by atoms with E-state index < -0.39 is 17.5 Å². The molecule has 0 fully saturated rings. The fraction of sp³-hybridized carbons (Fsp3) is 0.0909. The predicted octanol–water partition coefficient (Wildman–Crippen LogP) is 5.15.